The molecule has 118 valence electrons. The summed E-state index contributed by atoms with van der Waals surface area (Å²) >= 11 is 0. The molecule has 6 nitrogen and oxygen atoms in total. The normalized spacial score (nSPS) is 30.4. The summed E-state index contributed by atoms with van der Waals surface area (Å²) in [5.74, 6) is 0.444. The minimum Gasteiger partial charge on any atom is -0.344 e. The minimum atomic E-state index is -0.541. The Labute approximate surface area is 125 Å². The number of nitrogens with zero attached hydrogens (tertiary/aromatic N) is 1. The number of hydrogen-bond donors (Lipinski definition) is 2. The van der Waals surface area contributed by atoms with Crippen molar-refractivity contribution in [1.82, 2.24) is 10.2 Å². The average molecular weight is 295 g/mol. The molecule has 1 aliphatic carbocycles. The molecule has 0 aromatic rings. The van der Waals surface area contributed by atoms with E-state index >= 15 is 0 Å². The number of likely N-dealkylation sites (tertiary alicyclic amines) is 1. The van der Waals surface area contributed by atoms with Gasteiger partial charge in [-0.25, -0.2) is 0 Å². The first-order valence-electron chi connectivity index (χ1n) is 7.81. The molecule has 2 aliphatic rings. The largest absolute Gasteiger partial charge is 0.344 e. The van der Waals surface area contributed by atoms with Crippen LogP contribution in [0, 0.1) is 11.8 Å². The van der Waals surface area contributed by atoms with Crippen molar-refractivity contribution in [3.63, 3.8) is 0 Å². The van der Waals surface area contributed by atoms with Gasteiger partial charge in [0, 0.05) is 19.9 Å². The fraction of sp³-hybridized carbons (Fsp3) is 0.800. The van der Waals surface area contributed by atoms with Gasteiger partial charge in [-0.1, -0.05) is 0 Å². The van der Waals surface area contributed by atoms with Crippen molar-refractivity contribution in [2.75, 3.05) is 13.6 Å². The molecule has 1 saturated carbocycles. The van der Waals surface area contributed by atoms with Gasteiger partial charge in [-0.3, -0.25) is 19.3 Å². The molecule has 2 fully saturated rings. The van der Waals surface area contributed by atoms with Crippen LogP contribution in [-0.4, -0.2) is 42.3 Å². The van der Waals surface area contributed by atoms with E-state index in [9.17, 15) is 14.4 Å². The van der Waals surface area contributed by atoms with Gasteiger partial charge >= 0.3 is 0 Å². The zero-order valence-electron chi connectivity index (χ0n) is 12.6. The highest BCUT2D eigenvalue weighted by Crippen LogP contribution is 2.30. The second-order valence-electron chi connectivity index (χ2n) is 6.28. The molecular formula is C15H25N3O3. The van der Waals surface area contributed by atoms with Crippen molar-refractivity contribution < 1.29 is 14.4 Å². The third-order valence-electron chi connectivity index (χ3n) is 4.76. The highest BCUT2D eigenvalue weighted by molar-refractivity contribution is 6.01. The Morgan fingerprint density at radius 3 is 2.43 bits per heavy atom. The van der Waals surface area contributed by atoms with Crippen LogP contribution < -0.4 is 11.1 Å². The van der Waals surface area contributed by atoms with E-state index in [0.717, 1.165) is 37.1 Å². The molecule has 0 aromatic carbocycles. The molecule has 0 aromatic heterocycles. The summed E-state index contributed by atoms with van der Waals surface area (Å²) in [6.45, 7) is 0.732. The lowest BCUT2D eigenvalue weighted by atomic mass is 9.80. The van der Waals surface area contributed by atoms with Crippen LogP contribution in [0.1, 0.15) is 44.9 Å². The fourth-order valence-corrected chi connectivity index (χ4v) is 3.24. The van der Waals surface area contributed by atoms with Crippen molar-refractivity contribution in [2.45, 2.75) is 51.0 Å². The Morgan fingerprint density at radius 1 is 1.19 bits per heavy atom. The van der Waals surface area contributed by atoms with Crippen molar-refractivity contribution >= 4 is 17.7 Å². The number of nitrogens with two attached hydrogens (primary N) is 1. The quantitative estimate of drug-likeness (QED) is 0.735. The van der Waals surface area contributed by atoms with Gasteiger partial charge in [-0.05, 0) is 50.5 Å². The molecule has 3 amide bonds. The number of rotatable bonds is 4. The van der Waals surface area contributed by atoms with Crippen molar-refractivity contribution in [3.8, 4) is 0 Å². The monoisotopic (exact) mass is 295 g/mol. The summed E-state index contributed by atoms with van der Waals surface area (Å²) in [7, 11) is 1.47. The summed E-state index contributed by atoms with van der Waals surface area (Å²) in [4.78, 5) is 36.5. The molecule has 1 atom stereocenters. The Hall–Kier alpha value is -1.43. The highest BCUT2D eigenvalue weighted by Gasteiger charge is 2.33. The van der Waals surface area contributed by atoms with E-state index in [-0.39, 0.29) is 17.7 Å². The first-order chi connectivity index (χ1) is 10.0. The van der Waals surface area contributed by atoms with E-state index in [2.05, 4.69) is 5.32 Å². The lowest BCUT2D eigenvalue weighted by molar-refractivity contribution is -0.149. The molecule has 6 heteroatoms. The van der Waals surface area contributed by atoms with Gasteiger partial charge in [0.15, 0.2) is 0 Å². The van der Waals surface area contributed by atoms with Gasteiger partial charge in [0.1, 0.15) is 6.04 Å². The number of hydrogen-bond acceptors (Lipinski definition) is 4. The predicted octanol–water partition coefficient (Wildman–Crippen LogP) is 0.405. The third kappa shape index (κ3) is 4.03. The van der Waals surface area contributed by atoms with E-state index in [1.54, 1.807) is 0 Å². The first kappa shape index (κ1) is 15.9. The molecule has 1 aliphatic heterocycles. The minimum absolute atomic E-state index is 0.0766. The van der Waals surface area contributed by atoms with Crippen LogP contribution in [0.15, 0.2) is 0 Å². The Bertz CT molecular complexity index is 416. The van der Waals surface area contributed by atoms with Gasteiger partial charge in [0.25, 0.3) is 5.91 Å². The van der Waals surface area contributed by atoms with Crippen LogP contribution in [-0.2, 0) is 14.4 Å². The predicted molar refractivity (Wildman–Crippen MR) is 78.1 cm³/mol. The lowest BCUT2D eigenvalue weighted by Gasteiger charge is -2.30. The molecule has 1 saturated heterocycles. The molecule has 0 bridgehead atoms. The number of nitrogens with one attached hydrogen (secondary N) is 1. The van der Waals surface area contributed by atoms with Crippen LogP contribution in [0.5, 0.6) is 0 Å². The van der Waals surface area contributed by atoms with Crippen molar-refractivity contribution in [3.05, 3.63) is 0 Å². The van der Waals surface area contributed by atoms with E-state index in [1.807, 2.05) is 0 Å². The maximum absolute atomic E-state index is 12.1. The Kier molecular flexibility index (Phi) is 5.33. The Morgan fingerprint density at radius 2 is 1.81 bits per heavy atom. The number of carbonyl (C=O) groups is 3. The molecular weight excluding hydrogens is 270 g/mol. The van der Waals surface area contributed by atoms with Crippen LogP contribution in [0.2, 0.25) is 0 Å². The van der Waals surface area contributed by atoms with E-state index < -0.39 is 6.04 Å². The topological polar surface area (TPSA) is 92.5 Å². The number of likely N-dealkylation sites (N-methyl/N-ethyl adjacent to an activating group) is 1. The summed E-state index contributed by atoms with van der Waals surface area (Å²) in [5, 5.41) is 2.79. The maximum atomic E-state index is 12.1. The molecule has 1 heterocycles. The van der Waals surface area contributed by atoms with Crippen LogP contribution in [0.4, 0.5) is 0 Å². The van der Waals surface area contributed by atoms with Gasteiger partial charge < -0.3 is 11.1 Å². The van der Waals surface area contributed by atoms with E-state index in [4.69, 9.17) is 5.73 Å². The van der Waals surface area contributed by atoms with Crippen LogP contribution in [0.25, 0.3) is 0 Å². The second-order valence-corrected chi connectivity index (χ2v) is 6.28. The SMILES string of the molecule is CN1C(=O)CCC(NC(=O)CC2CCC(CN)CC2)C1=O. The zero-order valence-corrected chi connectivity index (χ0v) is 12.6. The van der Waals surface area contributed by atoms with Gasteiger partial charge in [0.05, 0.1) is 0 Å². The molecule has 2 rings (SSSR count). The van der Waals surface area contributed by atoms with Crippen LogP contribution in [0.3, 0.4) is 0 Å². The zero-order chi connectivity index (χ0) is 15.4. The first-order valence-corrected chi connectivity index (χ1v) is 7.81. The van der Waals surface area contributed by atoms with Crippen molar-refractivity contribution in [1.29, 1.82) is 0 Å². The highest BCUT2D eigenvalue weighted by atomic mass is 16.2. The standard InChI is InChI=1S/C15H25N3O3/c1-18-14(20)7-6-12(15(18)21)17-13(19)8-10-2-4-11(9-16)5-3-10/h10-12H,2-9,16H2,1H3,(H,17,19). The molecule has 1 unspecified atom stereocenters. The third-order valence-corrected chi connectivity index (χ3v) is 4.76. The second kappa shape index (κ2) is 7.02. The Balaban J connectivity index is 1.77. The number of carbonyl (C=O) groups excluding carboxylic acids is 3. The molecule has 0 radical (unpaired) electrons. The molecule has 3 N–H and O–H groups in total. The van der Waals surface area contributed by atoms with Gasteiger partial charge in [0.2, 0.25) is 11.8 Å². The summed E-state index contributed by atoms with van der Waals surface area (Å²) in [6, 6.07) is -0.541. The van der Waals surface area contributed by atoms with E-state index in [0.29, 0.717) is 31.1 Å². The number of imide groups is 1. The fourth-order valence-electron chi connectivity index (χ4n) is 3.24. The molecule has 0 spiro atoms. The van der Waals surface area contributed by atoms with Gasteiger partial charge in [-0.15, -0.1) is 0 Å². The lowest BCUT2D eigenvalue weighted by Crippen LogP contribution is -2.53. The van der Waals surface area contributed by atoms with E-state index in [1.165, 1.54) is 7.05 Å². The number of amides is 3. The summed E-state index contributed by atoms with van der Waals surface area (Å²) < 4.78 is 0. The van der Waals surface area contributed by atoms with Crippen LogP contribution >= 0.6 is 0 Å². The molecule has 21 heavy (non-hydrogen) atoms. The van der Waals surface area contributed by atoms with Crippen molar-refractivity contribution in [2.24, 2.45) is 17.6 Å². The smallest absolute Gasteiger partial charge is 0.251 e. The maximum Gasteiger partial charge on any atom is 0.251 e. The average Bonchev–Trinajstić information content (AvgIpc) is 2.49. The summed E-state index contributed by atoms with van der Waals surface area (Å²) in [5.41, 5.74) is 5.66. The van der Waals surface area contributed by atoms with Gasteiger partial charge in [-0.2, -0.15) is 0 Å². The number of piperidine rings is 1. The summed E-state index contributed by atoms with van der Waals surface area (Å²) in [6.07, 6.45) is 5.45.